The van der Waals surface area contributed by atoms with E-state index in [2.05, 4.69) is 246 Å². The topological polar surface area (TPSA) is 0 Å². The van der Waals surface area contributed by atoms with Gasteiger partial charge in [0.2, 0.25) is 0 Å². The minimum Gasteiger partial charge on any atom is -0.135 e. The first kappa shape index (κ1) is 41.8. The second kappa shape index (κ2) is 14.6. The van der Waals surface area contributed by atoms with E-state index in [0.29, 0.717) is 0 Å². The Balaban J connectivity index is 0.779. The van der Waals surface area contributed by atoms with Crippen LogP contribution in [0.3, 0.4) is 0 Å². The molecular formula is C74H48S. The van der Waals surface area contributed by atoms with Crippen LogP contribution in [0.15, 0.2) is 218 Å². The van der Waals surface area contributed by atoms with Crippen LogP contribution in [0.5, 0.6) is 0 Å². The van der Waals surface area contributed by atoms with Gasteiger partial charge in [-0.15, -0.1) is 11.3 Å². The summed E-state index contributed by atoms with van der Waals surface area (Å²) in [6.45, 7) is 9.50. The Morgan fingerprint density at radius 1 is 0.240 bits per heavy atom. The van der Waals surface area contributed by atoms with Gasteiger partial charge in [0.15, 0.2) is 0 Å². The molecule has 0 aliphatic heterocycles. The zero-order valence-corrected chi connectivity index (χ0v) is 43.0. The van der Waals surface area contributed by atoms with Crippen molar-refractivity contribution in [1.29, 1.82) is 0 Å². The fraction of sp³-hybridized carbons (Fsp3) is 0.0811. The molecule has 0 saturated heterocycles. The highest BCUT2D eigenvalue weighted by molar-refractivity contribution is 7.25. The lowest BCUT2D eigenvalue weighted by molar-refractivity contribution is 0.660. The van der Waals surface area contributed by atoms with E-state index in [-0.39, 0.29) is 10.8 Å². The van der Waals surface area contributed by atoms with Gasteiger partial charge in [-0.25, -0.2) is 0 Å². The minimum absolute atomic E-state index is 0.0531. The summed E-state index contributed by atoms with van der Waals surface area (Å²) in [6, 6.07) is 84.1. The van der Waals surface area contributed by atoms with Crippen LogP contribution in [-0.2, 0) is 10.8 Å². The SMILES string of the molecule is CC1(C)c2ccccc2-c2ccc(-c3ccc4ccc5c(-c6ccc7sc8ccc(-c9ccc%10ccc%11c(-c%12ccc%13c(c%12)C(C)(C)c%12ccccc%12-%13)ccc%12ccc9c%10c%12%11)cc8c7c6)ccc6ccc3c4c65)cc21. The molecule has 1 heterocycles. The highest BCUT2D eigenvalue weighted by atomic mass is 32.1. The Kier molecular flexibility index (Phi) is 8.12. The van der Waals surface area contributed by atoms with E-state index in [1.807, 2.05) is 11.3 Å². The van der Waals surface area contributed by atoms with Crippen molar-refractivity contribution in [2.75, 3.05) is 0 Å². The van der Waals surface area contributed by atoms with E-state index < -0.39 is 0 Å². The number of rotatable bonds is 4. The molecule has 0 spiro atoms. The molecule has 0 amide bonds. The molecular weight excluding hydrogens is 921 g/mol. The van der Waals surface area contributed by atoms with Crippen LogP contribution in [0, 0.1) is 0 Å². The van der Waals surface area contributed by atoms with E-state index in [1.165, 1.54) is 174 Å². The van der Waals surface area contributed by atoms with Crippen LogP contribution < -0.4 is 0 Å². The Hall–Kier alpha value is -8.62. The first-order valence-corrected chi connectivity index (χ1v) is 27.4. The lowest BCUT2D eigenvalue weighted by atomic mass is 9.81. The molecule has 14 aromatic carbocycles. The highest BCUT2D eigenvalue weighted by Gasteiger charge is 2.37. The van der Waals surface area contributed by atoms with Crippen LogP contribution in [-0.4, -0.2) is 0 Å². The van der Waals surface area contributed by atoms with E-state index in [0.717, 1.165) is 0 Å². The summed E-state index contributed by atoms with van der Waals surface area (Å²) in [5, 5.41) is 18.4. The van der Waals surface area contributed by atoms with Gasteiger partial charge < -0.3 is 0 Å². The number of hydrogen-bond acceptors (Lipinski definition) is 1. The second-order valence-electron chi connectivity index (χ2n) is 22.7. The first-order chi connectivity index (χ1) is 36.7. The summed E-state index contributed by atoms with van der Waals surface area (Å²) in [5.41, 5.74) is 21.2. The number of benzene rings is 14. The molecule has 75 heavy (non-hydrogen) atoms. The van der Waals surface area contributed by atoms with Gasteiger partial charge >= 0.3 is 0 Å². The molecule has 0 unspecified atom stereocenters. The van der Waals surface area contributed by atoms with Crippen molar-refractivity contribution in [2.45, 2.75) is 38.5 Å². The summed E-state index contributed by atoms with van der Waals surface area (Å²) in [7, 11) is 0. The maximum Gasteiger partial charge on any atom is 0.0355 e. The van der Waals surface area contributed by atoms with Crippen molar-refractivity contribution in [3.8, 4) is 66.8 Å². The predicted octanol–water partition coefficient (Wildman–Crippen LogP) is 21.1. The van der Waals surface area contributed by atoms with Crippen molar-refractivity contribution in [2.24, 2.45) is 0 Å². The number of hydrogen-bond donors (Lipinski definition) is 0. The summed E-state index contributed by atoms with van der Waals surface area (Å²) in [6.07, 6.45) is 0. The fourth-order valence-electron chi connectivity index (χ4n) is 14.5. The summed E-state index contributed by atoms with van der Waals surface area (Å²) in [4.78, 5) is 0. The molecule has 0 saturated carbocycles. The van der Waals surface area contributed by atoms with E-state index >= 15 is 0 Å². The smallest absolute Gasteiger partial charge is 0.0355 e. The standard InChI is InChI=1S/C74H48S/c1-73(2)63-11-7-5-9-53(63)55-29-21-47(39-65(55)73)51-27-15-43-17-31-57-49(25-13-41-19-33-59(51)71(43)69(41)57)45-23-35-67-61(37-45)62-38-46(24-36-68(62)75-67)50-26-14-42-20-34-60-52(28-16-44-18-32-58(50)70(42)72(44)60)48-22-30-56-54-10-6-8-12-64(54)74(3,4)66(56)40-48/h5-40H,1-4H3. The third-order valence-electron chi connectivity index (χ3n) is 18.2. The van der Waals surface area contributed by atoms with Crippen LogP contribution in [0.2, 0.25) is 0 Å². The maximum absolute atomic E-state index is 2.47. The van der Waals surface area contributed by atoms with E-state index in [4.69, 9.17) is 0 Å². The minimum atomic E-state index is -0.0531. The van der Waals surface area contributed by atoms with Crippen LogP contribution in [0.1, 0.15) is 49.9 Å². The van der Waals surface area contributed by atoms with Gasteiger partial charge in [-0.05, 0) is 190 Å². The molecule has 350 valence electrons. The molecule has 0 radical (unpaired) electrons. The maximum atomic E-state index is 2.47. The van der Waals surface area contributed by atoms with Crippen molar-refractivity contribution in [3.63, 3.8) is 0 Å². The molecule has 1 heteroatoms. The number of thiophene rings is 1. The van der Waals surface area contributed by atoms with Crippen LogP contribution >= 0.6 is 11.3 Å². The molecule has 15 aromatic rings. The van der Waals surface area contributed by atoms with Gasteiger partial charge in [0.05, 0.1) is 0 Å². The largest absolute Gasteiger partial charge is 0.135 e. The third-order valence-corrected chi connectivity index (χ3v) is 19.4. The molecule has 0 bridgehead atoms. The molecule has 2 aliphatic carbocycles. The quantitative estimate of drug-likeness (QED) is 0.154. The summed E-state index contributed by atoms with van der Waals surface area (Å²) in [5.74, 6) is 0. The third kappa shape index (κ3) is 5.56. The van der Waals surface area contributed by atoms with E-state index in [1.54, 1.807) is 0 Å². The zero-order chi connectivity index (χ0) is 49.6. The fourth-order valence-corrected chi connectivity index (χ4v) is 15.5. The molecule has 2 aliphatic rings. The first-order valence-electron chi connectivity index (χ1n) is 26.6. The monoisotopic (exact) mass is 968 g/mol. The van der Waals surface area contributed by atoms with Gasteiger partial charge in [-0.2, -0.15) is 0 Å². The average molecular weight is 969 g/mol. The Bertz CT molecular complexity index is 4680. The van der Waals surface area contributed by atoms with Crippen molar-refractivity contribution in [3.05, 3.63) is 241 Å². The molecule has 17 rings (SSSR count). The van der Waals surface area contributed by atoms with Crippen molar-refractivity contribution >= 4 is 96.1 Å². The zero-order valence-electron chi connectivity index (χ0n) is 42.2. The lowest BCUT2D eigenvalue weighted by Gasteiger charge is -2.22. The number of fused-ring (bicyclic) bond motifs is 9. The van der Waals surface area contributed by atoms with Crippen LogP contribution in [0.25, 0.3) is 152 Å². The molecule has 1 aromatic heterocycles. The van der Waals surface area contributed by atoms with Gasteiger partial charge in [0.1, 0.15) is 0 Å². The Morgan fingerprint density at radius 3 is 0.907 bits per heavy atom. The Morgan fingerprint density at radius 2 is 0.533 bits per heavy atom. The molecule has 0 nitrogen and oxygen atoms in total. The van der Waals surface area contributed by atoms with Gasteiger partial charge in [-0.1, -0.05) is 210 Å². The molecule has 0 fully saturated rings. The summed E-state index contributed by atoms with van der Waals surface area (Å²) < 4.78 is 2.63. The van der Waals surface area contributed by atoms with Gasteiger partial charge in [0, 0.05) is 31.0 Å². The second-order valence-corrected chi connectivity index (χ2v) is 23.8. The van der Waals surface area contributed by atoms with Crippen molar-refractivity contribution in [1.82, 2.24) is 0 Å². The van der Waals surface area contributed by atoms with Gasteiger partial charge in [0.25, 0.3) is 0 Å². The lowest BCUT2D eigenvalue weighted by Crippen LogP contribution is -2.14. The highest BCUT2D eigenvalue weighted by Crippen LogP contribution is 2.53. The summed E-state index contributed by atoms with van der Waals surface area (Å²) >= 11 is 1.90. The average Bonchev–Trinajstić information content (AvgIpc) is 4.07. The molecule has 0 atom stereocenters. The van der Waals surface area contributed by atoms with Crippen molar-refractivity contribution < 1.29 is 0 Å². The van der Waals surface area contributed by atoms with Crippen LogP contribution in [0.4, 0.5) is 0 Å². The normalized spacial score (nSPS) is 14.3. The molecule has 0 N–H and O–H groups in total. The van der Waals surface area contributed by atoms with Gasteiger partial charge in [-0.3, -0.25) is 0 Å². The Labute approximate surface area is 439 Å². The van der Waals surface area contributed by atoms with E-state index in [9.17, 15) is 0 Å². The predicted molar refractivity (Wildman–Crippen MR) is 324 cm³/mol.